The van der Waals surface area contributed by atoms with Gasteiger partial charge in [0.2, 0.25) is 0 Å². The molecule has 0 aliphatic rings. The molecule has 1 rings (SSSR count). The zero-order valence-electron chi connectivity index (χ0n) is 13.5. The summed E-state index contributed by atoms with van der Waals surface area (Å²) in [6.07, 6.45) is 18.5. The third-order valence-electron chi connectivity index (χ3n) is 3.55. The van der Waals surface area contributed by atoms with Crippen LogP contribution in [-0.4, -0.2) is 6.47 Å². The molecule has 0 N–H and O–H groups in total. The van der Waals surface area contributed by atoms with Crippen LogP contribution in [0.15, 0.2) is 30.6 Å². The first-order valence-electron chi connectivity index (χ1n) is 8.34. The number of aryl methyl sites for hydroxylation is 1. The van der Waals surface area contributed by atoms with Crippen molar-refractivity contribution < 1.29 is 14.5 Å². The number of hydrogen-bond donors (Lipinski definition) is 0. The van der Waals surface area contributed by atoms with Gasteiger partial charge in [-0.15, -0.1) is 0 Å². The average molecular weight is 293 g/mol. The molecule has 0 bridgehead atoms. The topological polar surface area (TPSA) is 44.0 Å². The van der Waals surface area contributed by atoms with Crippen molar-refractivity contribution in [3.05, 3.63) is 30.6 Å². The Morgan fingerprint density at radius 3 is 1.71 bits per heavy atom. The van der Waals surface area contributed by atoms with Crippen LogP contribution >= 0.6 is 0 Å². The number of carboxylic acid groups (broad SMARTS) is 1. The van der Waals surface area contributed by atoms with Gasteiger partial charge in [-0.3, -0.25) is 0 Å². The lowest BCUT2D eigenvalue weighted by atomic mass is 10.1. The Hall–Kier alpha value is -1.38. The van der Waals surface area contributed by atoms with Crippen LogP contribution in [0.5, 0.6) is 0 Å². The number of nitrogens with zero attached hydrogens (tertiary/aromatic N) is 1. The van der Waals surface area contributed by atoms with Gasteiger partial charge in [-0.2, -0.15) is 0 Å². The van der Waals surface area contributed by atoms with Crippen LogP contribution in [0.25, 0.3) is 0 Å². The normalized spacial score (nSPS) is 9.76. The average Bonchev–Trinajstić information content (AvgIpc) is 2.51. The first-order chi connectivity index (χ1) is 10.3. The van der Waals surface area contributed by atoms with Crippen molar-refractivity contribution in [2.45, 2.75) is 77.7 Å². The van der Waals surface area contributed by atoms with E-state index in [0.717, 1.165) is 0 Å². The fraction of sp³-hybridized carbons (Fsp3) is 0.667. The van der Waals surface area contributed by atoms with E-state index in [2.05, 4.69) is 42.1 Å². The first-order valence-corrected chi connectivity index (χ1v) is 8.34. The second kappa shape index (κ2) is 16.7. The first kappa shape index (κ1) is 19.6. The standard InChI is InChI=1S/C17H30N.CH2O2/c1-2-3-4-5-6-7-8-9-10-12-15-18-16-13-11-14-17-18;2-1-3/h11,13-14,16-17H,2-10,12,15H2,1H3;1H,(H,2,3)/q+1;/p-1. The number of carbonyl (C=O) groups excluding carboxylic acids is 1. The van der Waals surface area contributed by atoms with Crippen molar-refractivity contribution in [3.8, 4) is 0 Å². The van der Waals surface area contributed by atoms with Crippen molar-refractivity contribution in [1.29, 1.82) is 0 Å². The quantitative estimate of drug-likeness (QED) is 0.357. The van der Waals surface area contributed by atoms with Gasteiger partial charge in [-0.1, -0.05) is 64.4 Å². The summed E-state index contributed by atoms with van der Waals surface area (Å²) < 4.78 is 2.28. The predicted molar refractivity (Wildman–Crippen MR) is 84.5 cm³/mol. The lowest BCUT2D eigenvalue weighted by Gasteiger charge is -2.01. The number of hydrogen-bond acceptors (Lipinski definition) is 2. The Morgan fingerprint density at radius 1 is 0.810 bits per heavy atom. The van der Waals surface area contributed by atoms with Gasteiger partial charge in [-0.05, 0) is 6.42 Å². The largest absolute Gasteiger partial charge is 0.554 e. The molecule has 3 nitrogen and oxygen atoms in total. The summed E-state index contributed by atoms with van der Waals surface area (Å²) in [5.41, 5.74) is 0. The van der Waals surface area contributed by atoms with Crippen molar-refractivity contribution >= 4 is 6.47 Å². The fourth-order valence-corrected chi connectivity index (χ4v) is 2.37. The smallest absolute Gasteiger partial charge is 0.168 e. The van der Waals surface area contributed by atoms with E-state index in [-0.39, 0.29) is 0 Å². The second-order valence-corrected chi connectivity index (χ2v) is 5.39. The molecule has 1 aromatic heterocycles. The zero-order chi connectivity index (χ0) is 15.6. The van der Waals surface area contributed by atoms with Crippen LogP contribution in [0.3, 0.4) is 0 Å². The molecule has 21 heavy (non-hydrogen) atoms. The van der Waals surface area contributed by atoms with Crippen molar-refractivity contribution in [2.75, 3.05) is 0 Å². The maximum atomic E-state index is 8.25. The molecule has 0 fully saturated rings. The molecule has 0 unspecified atom stereocenters. The lowest BCUT2D eigenvalue weighted by Crippen LogP contribution is -2.32. The minimum absolute atomic E-state index is 0.500. The minimum atomic E-state index is -0.500. The van der Waals surface area contributed by atoms with E-state index in [9.17, 15) is 0 Å². The molecule has 0 spiro atoms. The molecule has 0 atom stereocenters. The number of unbranched alkanes of at least 4 members (excludes halogenated alkanes) is 9. The Kier molecular flexibility index (Phi) is 15.6. The molecular formula is C18H31NO2. The molecule has 1 aromatic rings. The molecule has 120 valence electrons. The predicted octanol–water partition coefficient (Wildman–Crippen LogP) is 3.26. The highest BCUT2D eigenvalue weighted by Crippen LogP contribution is 2.10. The van der Waals surface area contributed by atoms with Gasteiger partial charge in [0.15, 0.2) is 12.4 Å². The van der Waals surface area contributed by atoms with Gasteiger partial charge in [0, 0.05) is 25.0 Å². The maximum absolute atomic E-state index is 8.25. The Balaban J connectivity index is 0.00000122. The summed E-state index contributed by atoms with van der Waals surface area (Å²) in [6, 6.07) is 6.29. The molecular weight excluding hydrogens is 262 g/mol. The Bertz CT molecular complexity index is 314. The van der Waals surface area contributed by atoms with E-state index in [1.54, 1.807) is 0 Å². The van der Waals surface area contributed by atoms with Crippen LogP contribution < -0.4 is 9.67 Å². The molecule has 0 aromatic carbocycles. The summed E-state index contributed by atoms with van der Waals surface area (Å²) in [5.74, 6) is 0. The van der Waals surface area contributed by atoms with E-state index in [1.165, 1.54) is 70.8 Å². The molecule has 0 saturated heterocycles. The van der Waals surface area contributed by atoms with Gasteiger partial charge >= 0.3 is 0 Å². The molecule has 0 amide bonds. The SMILES string of the molecule is CCCCCCCCCCCC[n+]1ccccc1.O=C[O-]. The van der Waals surface area contributed by atoms with Gasteiger partial charge < -0.3 is 9.90 Å². The van der Waals surface area contributed by atoms with Gasteiger partial charge in [0.25, 0.3) is 0 Å². The van der Waals surface area contributed by atoms with E-state index in [4.69, 9.17) is 9.90 Å². The second-order valence-electron chi connectivity index (χ2n) is 5.39. The molecule has 1 heterocycles. The van der Waals surface area contributed by atoms with E-state index in [0.29, 0.717) is 0 Å². The zero-order valence-corrected chi connectivity index (χ0v) is 13.5. The highest BCUT2D eigenvalue weighted by Gasteiger charge is 1.97. The number of aromatic nitrogens is 1. The maximum Gasteiger partial charge on any atom is 0.168 e. The van der Waals surface area contributed by atoms with Crippen LogP contribution in [0, 0.1) is 0 Å². The molecule has 3 heteroatoms. The third-order valence-corrected chi connectivity index (χ3v) is 3.55. The van der Waals surface area contributed by atoms with E-state index < -0.39 is 6.47 Å². The van der Waals surface area contributed by atoms with Crippen molar-refractivity contribution in [2.24, 2.45) is 0 Å². The van der Waals surface area contributed by atoms with E-state index >= 15 is 0 Å². The summed E-state index contributed by atoms with van der Waals surface area (Å²) in [4.78, 5) is 8.25. The van der Waals surface area contributed by atoms with Crippen LogP contribution in [-0.2, 0) is 11.3 Å². The van der Waals surface area contributed by atoms with Crippen LogP contribution in [0.4, 0.5) is 0 Å². The summed E-state index contributed by atoms with van der Waals surface area (Å²) in [5, 5.41) is 8.25. The van der Waals surface area contributed by atoms with Crippen molar-refractivity contribution in [3.63, 3.8) is 0 Å². The summed E-state index contributed by atoms with van der Waals surface area (Å²) in [6.45, 7) is 2.96. The third kappa shape index (κ3) is 14.8. The van der Waals surface area contributed by atoms with E-state index in [1.807, 2.05) is 0 Å². The highest BCUT2D eigenvalue weighted by atomic mass is 16.3. The van der Waals surface area contributed by atoms with Gasteiger partial charge in [0.1, 0.15) is 6.54 Å². The molecule has 0 radical (unpaired) electrons. The minimum Gasteiger partial charge on any atom is -0.554 e. The van der Waals surface area contributed by atoms with Crippen LogP contribution in [0.2, 0.25) is 0 Å². The Labute approximate surface area is 130 Å². The monoisotopic (exact) mass is 293 g/mol. The summed E-state index contributed by atoms with van der Waals surface area (Å²) in [7, 11) is 0. The van der Waals surface area contributed by atoms with Crippen LogP contribution in [0.1, 0.15) is 71.1 Å². The van der Waals surface area contributed by atoms with Gasteiger partial charge in [0.05, 0.1) is 0 Å². The molecule has 0 saturated carbocycles. The molecule has 0 aliphatic heterocycles. The van der Waals surface area contributed by atoms with Crippen molar-refractivity contribution in [1.82, 2.24) is 0 Å². The summed E-state index contributed by atoms with van der Waals surface area (Å²) >= 11 is 0. The Morgan fingerprint density at radius 2 is 1.24 bits per heavy atom. The number of carbonyl (C=O) groups is 1. The van der Waals surface area contributed by atoms with Gasteiger partial charge in [-0.25, -0.2) is 4.57 Å². The fourth-order valence-electron chi connectivity index (χ4n) is 2.37. The number of rotatable bonds is 11. The molecule has 0 aliphatic carbocycles. The number of pyridine rings is 1. The lowest BCUT2D eigenvalue weighted by molar-refractivity contribution is -0.697. The highest BCUT2D eigenvalue weighted by molar-refractivity contribution is 5.29.